The molecule has 0 radical (unpaired) electrons. The summed E-state index contributed by atoms with van der Waals surface area (Å²) >= 11 is 11.8. The quantitative estimate of drug-likeness (QED) is 0.443. The highest BCUT2D eigenvalue weighted by Gasteiger charge is 2.04. The fourth-order valence-corrected chi connectivity index (χ4v) is 2.46. The summed E-state index contributed by atoms with van der Waals surface area (Å²) < 4.78 is 5.52. The molecular formula is C18H18Cl2N2O2. The second-order valence-electron chi connectivity index (χ2n) is 5.23. The van der Waals surface area contributed by atoms with Crippen molar-refractivity contribution in [1.29, 1.82) is 0 Å². The normalized spacial score (nSPS) is 10.8. The Balaban J connectivity index is 1.68. The van der Waals surface area contributed by atoms with E-state index in [1.165, 1.54) is 0 Å². The van der Waals surface area contributed by atoms with Gasteiger partial charge in [0.2, 0.25) is 5.91 Å². The van der Waals surface area contributed by atoms with Gasteiger partial charge in [-0.1, -0.05) is 53.0 Å². The Morgan fingerprint density at radius 2 is 2.08 bits per heavy atom. The number of aryl methyl sites for hydroxylation is 1. The molecule has 126 valence electrons. The minimum absolute atomic E-state index is 0.162. The highest BCUT2D eigenvalue weighted by molar-refractivity contribution is 6.35. The van der Waals surface area contributed by atoms with Gasteiger partial charge in [-0.15, -0.1) is 0 Å². The Hall–Kier alpha value is -2.04. The number of rotatable bonds is 7. The topological polar surface area (TPSA) is 50.7 Å². The molecule has 0 aliphatic heterocycles. The lowest BCUT2D eigenvalue weighted by molar-refractivity contribution is -0.121. The zero-order valence-corrected chi connectivity index (χ0v) is 14.8. The molecule has 0 aliphatic carbocycles. The molecule has 24 heavy (non-hydrogen) atoms. The van der Waals surface area contributed by atoms with Gasteiger partial charge in [0.15, 0.2) is 0 Å². The largest absolute Gasteiger partial charge is 0.492 e. The van der Waals surface area contributed by atoms with E-state index in [1.807, 2.05) is 31.2 Å². The van der Waals surface area contributed by atoms with E-state index in [0.717, 1.165) is 11.1 Å². The summed E-state index contributed by atoms with van der Waals surface area (Å²) in [5, 5.41) is 4.95. The van der Waals surface area contributed by atoms with Crippen LogP contribution in [0.5, 0.6) is 5.75 Å². The summed E-state index contributed by atoms with van der Waals surface area (Å²) in [7, 11) is 0. The van der Waals surface area contributed by atoms with Crippen LogP contribution in [-0.4, -0.2) is 18.7 Å². The number of ether oxygens (including phenoxy) is 1. The summed E-state index contributed by atoms with van der Waals surface area (Å²) in [5.41, 5.74) is 4.58. The first-order chi connectivity index (χ1) is 11.5. The lowest BCUT2D eigenvalue weighted by Crippen LogP contribution is -2.18. The molecule has 0 unspecified atom stereocenters. The van der Waals surface area contributed by atoms with E-state index in [-0.39, 0.29) is 5.91 Å². The first-order valence-electron chi connectivity index (χ1n) is 7.51. The first-order valence-corrected chi connectivity index (χ1v) is 8.26. The van der Waals surface area contributed by atoms with E-state index in [2.05, 4.69) is 10.5 Å². The minimum Gasteiger partial charge on any atom is -0.492 e. The van der Waals surface area contributed by atoms with E-state index in [4.69, 9.17) is 27.9 Å². The maximum absolute atomic E-state index is 11.7. The van der Waals surface area contributed by atoms with Crippen LogP contribution < -0.4 is 10.2 Å². The van der Waals surface area contributed by atoms with Crippen molar-refractivity contribution in [3.63, 3.8) is 0 Å². The van der Waals surface area contributed by atoms with Crippen LogP contribution in [0.3, 0.4) is 0 Å². The summed E-state index contributed by atoms with van der Waals surface area (Å²) in [6.45, 7) is 2.39. The molecule has 0 saturated heterocycles. The van der Waals surface area contributed by atoms with Crippen molar-refractivity contribution in [2.24, 2.45) is 5.10 Å². The molecule has 6 heteroatoms. The van der Waals surface area contributed by atoms with Gasteiger partial charge in [0.25, 0.3) is 0 Å². The van der Waals surface area contributed by atoms with Gasteiger partial charge in [-0.2, -0.15) is 5.10 Å². The lowest BCUT2D eigenvalue weighted by Gasteiger charge is -2.07. The van der Waals surface area contributed by atoms with Crippen molar-refractivity contribution in [3.05, 3.63) is 63.6 Å². The highest BCUT2D eigenvalue weighted by atomic mass is 35.5. The van der Waals surface area contributed by atoms with Gasteiger partial charge in [-0.25, -0.2) is 5.43 Å². The fourth-order valence-electron chi connectivity index (χ4n) is 1.99. The van der Waals surface area contributed by atoms with Crippen LogP contribution in [0.25, 0.3) is 0 Å². The summed E-state index contributed by atoms with van der Waals surface area (Å²) in [4.78, 5) is 11.7. The smallest absolute Gasteiger partial charge is 0.240 e. The Labute approximate surface area is 151 Å². The Kier molecular flexibility index (Phi) is 7.09. The third-order valence-electron chi connectivity index (χ3n) is 3.14. The average molecular weight is 365 g/mol. The van der Waals surface area contributed by atoms with Gasteiger partial charge in [0, 0.05) is 11.4 Å². The van der Waals surface area contributed by atoms with Gasteiger partial charge in [0.1, 0.15) is 5.75 Å². The third-order valence-corrected chi connectivity index (χ3v) is 3.68. The molecule has 1 N–H and O–H groups in total. The number of hydrazone groups is 1. The summed E-state index contributed by atoms with van der Waals surface area (Å²) in [5.74, 6) is 0.392. The molecule has 0 saturated carbocycles. The second-order valence-corrected chi connectivity index (χ2v) is 6.08. The number of benzene rings is 2. The zero-order chi connectivity index (χ0) is 17.4. The number of carbonyl (C=O) groups excluding carboxylic acids is 1. The van der Waals surface area contributed by atoms with Gasteiger partial charge in [0.05, 0.1) is 17.8 Å². The number of carbonyl (C=O) groups is 1. The molecule has 0 bridgehead atoms. The first kappa shape index (κ1) is 18.3. The third kappa shape index (κ3) is 6.22. The molecule has 0 fully saturated rings. The van der Waals surface area contributed by atoms with Crippen molar-refractivity contribution in [2.45, 2.75) is 19.8 Å². The van der Waals surface area contributed by atoms with E-state index < -0.39 is 0 Å². The molecule has 1 amide bonds. The van der Waals surface area contributed by atoms with Crippen molar-refractivity contribution < 1.29 is 9.53 Å². The van der Waals surface area contributed by atoms with Crippen LogP contribution in [0.2, 0.25) is 10.0 Å². The van der Waals surface area contributed by atoms with Gasteiger partial charge < -0.3 is 4.74 Å². The molecular weight excluding hydrogens is 347 g/mol. The van der Waals surface area contributed by atoms with E-state index >= 15 is 0 Å². The van der Waals surface area contributed by atoms with Crippen LogP contribution in [-0.2, 0) is 4.79 Å². The van der Waals surface area contributed by atoms with E-state index in [0.29, 0.717) is 35.2 Å². The van der Waals surface area contributed by atoms with Crippen molar-refractivity contribution >= 4 is 35.3 Å². The predicted molar refractivity (Wildman–Crippen MR) is 98.1 cm³/mol. The number of nitrogens with zero attached hydrogens (tertiary/aromatic N) is 1. The molecule has 0 atom stereocenters. The van der Waals surface area contributed by atoms with Crippen LogP contribution in [0.4, 0.5) is 0 Å². The molecule has 2 rings (SSSR count). The number of nitrogens with one attached hydrogen (secondary N) is 1. The van der Waals surface area contributed by atoms with Crippen molar-refractivity contribution in [2.75, 3.05) is 6.61 Å². The van der Waals surface area contributed by atoms with Crippen LogP contribution in [0.1, 0.15) is 24.0 Å². The lowest BCUT2D eigenvalue weighted by atomic mass is 10.2. The van der Waals surface area contributed by atoms with E-state index in [1.54, 1.807) is 24.4 Å². The molecule has 2 aromatic rings. The van der Waals surface area contributed by atoms with E-state index in [9.17, 15) is 4.79 Å². The average Bonchev–Trinajstić information content (AvgIpc) is 2.53. The van der Waals surface area contributed by atoms with Crippen molar-refractivity contribution in [3.8, 4) is 5.75 Å². The number of hydrogen-bond donors (Lipinski definition) is 1. The minimum atomic E-state index is -0.162. The predicted octanol–water partition coefficient (Wildman–Crippen LogP) is 4.61. The van der Waals surface area contributed by atoms with Crippen LogP contribution >= 0.6 is 23.2 Å². The zero-order valence-electron chi connectivity index (χ0n) is 13.3. The van der Waals surface area contributed by atoms with Crippen LogP contribution in [0, 0.1) is 6.92 Å². The molecule has 0 aliphatic rings. The van der Waals surface area contributed by atoms with Gasteiger partial charge >= 0.3 is 0 Å². The Bertz CT molecular complexity index is 733. The Morgan fingerprint density at radius 3 is 2.83 bits per heavy atom. The van der Waals surface area contributed by atoms with Gasteiger partial charge in [-0.05, 0) is 37.1 Å². The molecule has 0 spiro atoms. The van der Waals surface area contributed by atoms with Crippen molar-refractivity contribution in [1.82, 2.24) is 5.43 Å². The molecule has 0 aromatic heterocycles. The SMILES string of the molecule is Cc1cccc(C=NNC(=O)CCCOc2ccc(Cl)cc2Cl)c1. The number of amides is 1. The van der Waals surface area contributed by atoms with Crippen LogP contribution in [0.15, 0.2) is 47.6 Å². The highest BCUT2D eigenvalue weighted by Crippen LogP contribution is 2.27. The summed E-state index contributed by atoms with van der Waals surface area (Å²) in [6.07, 6.45) is 2.50. The fraction of sp³-hybridized carbons (Fsp3) is 0.222. The standard InChI is InChI=1S/C18H18Cl2N2O2/c1-13-4-2-5-14(10-13)12-21-22-18(23)6-3-9-24-17-8-7-15(19)11-16(17)20/h2,4-5,7-8,10-12H,3,6,9H2,1H3,(H,22,23). The number of halogens is 2. The molecule has 4 nitrogen and oxygen atoms in total. The Morgan fingerprint density at radius 1 is 1.25 bits per heavy atom. The monoisotopic (exact) mass is 364 g/mol. The second kappa shape index (κ2) is 9.30. The maximum Gasteiger partial charge on any atom is 0.240 e. The number of hydrogen-bond acceptors (Lipinski definition) is 3. The summed E-state index contributed by atoms with van der Waals surface area (Å²) in [6, 6.07) is 12.9. The molecule has 2 aromatic carbocycles. The van der Waals surface area contributed by atoms with Gasteiger partial charge in [-0.3, -0.25) is 4.79 Å². The molecule has 0 heterocycles. The maximum atomic E-state index is 11.7.